The highest BCUT2D eigenvalue weighted by molar-refractivity contribution is 5.68. The highest BCUT2D eigenvalue weighted by Crippen LogP contribution is 2.47. The summed E-state index contributed by atoms with van der Waals surface area (Å²) in [4.78, 5) is 2.11. The van der Waals surface area contributed by atoms with Gasteiger partial charge in [-0.3, -0.25) is 0 Å². The minimum absolute atomic E-state index is 0.0245. The molecule has 0 fully saturated rings. The van der Waals surface area contributed by atoms with Crippen LogP contribution in [-0.2, 0) is 10.8 Å². The Morgan fingerprint density at radius 3 is 2.00 bits per heavy atom. The molecular formula is C23H32N2O. The molecule has 0 aliphatic carbocycles. The molecule has 1 aliphatic rings. The molecule has 2 aromatic carbocycles. The minimum Gasteiger partial charge on any atom is -0.464 e. The Bertz CT molecular complexity index is 793. The summed E-state index contributed by atoms with van der Waals surface area (Å²) in [7, 11) is 4.11. The number of benzene rings is 2. The first kappa shape index (κ1) is 18.6. The first-order chi connectivity index (χ1) is 12.0. The molecule has 2 aromatic rings. The van der Waals surface area contributed by atoms with Crippen molar-refractivity contribution in [3.8, 4) is 5.75 Å². The number of hydrogen-bond donors (Lipinski definition) is 1. The molecule has 0 bridgehead atoms. The van der Waals surface area contributed by atoms with Gasteiger partial charge in [-0.15, -0.1) is 0 Å². The van der Waals surface area contributed by atoms with Crippen molar-refractivity contribution in [2.45, 2.75) is 58.6 Å². The fraction of sp³-hybridized carbons (Fsp3) is 0.478. The second kappa shape index (κ2) is 6.22. The molecule has 26 heavy (non-hydrogen) atoms. The van der Waals surface area contributed by atoms with Gasteiger partial charge in [0.05, 0.1) is 5.69 Å². The van der Waals surface area contributed by atoms with Crippen molar-refractivity contribution in [2.75, 3.05) is 24.3 Å². The lowest BCUT2D eigenvalue weighted by atomic mass is 9.80. The molecule has 0 aromatic heterocycles. The molecule has 1 N–H and O–H groups in total. The van der Waals surface area contributed by atoms with Gasteiger partial charge in [-0.25, -0.2) is 0 Å². The van der Waals surface area contributed by atoms with Crippen LogP contribution in [0.25, 0.3) is 0 Å². The van der Waals surface area contributed by atoms with E-state index in [1.165, 1.54) is 16.8 Å². The molecule has 0 saturated carbocycles. The SMILES string of the molecule is CN(C)c1ccc([C@H]2Nc3cc(C(C)(C)C)cc(C(C)(C)C)c3O2)cc1. The molecule has 0 saturated heterocycles. The van der Waals surface area contributed by atoms with Crippen LogP contribution in [0.4, 0.5) is 11.4 Å². The van der Waals surface area contributed by atoms with E-state index in [1.807, 2.05) is 0 Å². The molecule has 0 radical (unpaired) electrons. The third-order valence-electron chi connectivity index (χ3n) is 5.00. The first-order valence-electron chi connectivity index (χ1n) is 9.36. The number of nitrogens with one attached hydrogen (secondary N) is 1. The maximum Gasteiger partial charge on any atom is 0.196 e. The van der Waals surface area contributed by atoms with E-state index in [4.69, 9.17) is 4.74 Å². The fourth-order valence-electron chi connectivity index (χ4n) is 3.24. The normalized spacial score (nSPS) is 16.7. The molecule has 1 atom stereocenters. The highest BCUT2D eigenvalue weighted by Gasteiger charge is 2.32. The third kappa shape index (κ3) is 3.53. The summed E-state index contributed by atoms with van der Waals surface area (Å²) in [5.41, 5.74) is 6.15. The van der Waals surface area contributed by atoms with E-state index in [0.717, 1.165) is 17.0 Å². The number of ether oxygens (including phenoxy) is 1. The predicted molar refractivity (Wildman–Crippen MR) is 112 cm³/mol. The van der Waals surface area contributed by atoms with Crippen molar-refractivity contribution in [2.24, 2.45) is 0 Å². The quantitative estimate of drug-likeness (QED) is 0.733. The Hall–Kier alpha value is -2.16. The number of anilines is 2. The van der Waals surface area contributed by atoms with Crippen LogP contribution in [0.1, 0.15) is 64.5 Å². The van der Waals surface area contributed by atoms with E-state index in [-0.39, 0.29) is 17.1 Å². The lowest BCUT2D eigenvalue weighted by Gasteiger charge is -2.26. The zero-order valence-corrected chi connectivity index (χ0v) is 17.4. The van der Waals surface area contributed by atoms with Crippen molar-refractivity contribution in [3.05, 3.63) is 53.1 Å². The Balaban J connectivity index is 1.99. The van der Waals surface area contributed by atoms with Gasteiger partial charge in [0, 0.05) is 30.9 Å². The second-order valence-corrected chi connectivity index (χ2v) is 9.53. The Kier molecular flexibility index (Phi) is 4.46. The van der Waals surface area contributed by atoms with E-state index in [9.17, 15) is 0 Å². The summed E-state index contributed by atoms with van der Waals surface area (Å²) in [6.45, 7) is 13.5. The highest BCUT2D eigenvalue weighted by atomic mass is 16.5. The van der Waals surface area contributed by atoms with Crippen molar-refractivity contribution in [1.29, 1.82) is 0 Å². The van der Waals surface area contributed by atoms with E-state index < -0.39 is 0 Å². The number of nitrogens with zero attached hydrogens (tertiary/aromatic N) is 1. The van der Waals surface area contributed by atoms with Gasteiger partial charge in [0.2, 0.25) is 0 Å². The smallest absolute Gasteiger partial charge is 0.196 e. The predicted octanol–water partition coefficient (Wildman–Crippen LogP) is 5.85. The maximum atomic E-state index is 6.39. The summed E-state index contributed by atoms with van der Waals surface area (Å²) >= 11 is 0. The Labute approximate surface area is 158 Å². The van der Waals surface area contributed by atoms with Crippen LogP contribution < -0.4 is 15.0 Å². The van der Waals surface area contributed by atoms with Gasteiger partial charge in [-0.2, -0.15) is 0 Å². The van der Waals surface area contributed by atoms with Crippen LogP contribution in [0, 0.1) is 0 Å². The topological polar surface area (TPSA) is 24.5 Å². The van der Waals surface area contributed by atoms with Crippen LogP contribution in [0.2, 0.25) is 0 Å². The Morgan fingerprint density at radius 2 is 1.50 bits per heavy atom. The van der Waals surface area contributed by atoms with Crippen molar-refractivity contribution >= 4 is 11.4 Å². The monoisotopic (exact) mass is 352 g/mol. The van der Waals surface area contributed by atoms with Gasteiger partial charge in [0.15, 0.2) is 6.23 Å². The summed E-state index contributed by atoms with van der Waals surface area (Å²) in [5, 5.41) is 3.59. The van der Waals surface area contributed by atoms with Gasteiger partial charge in [-0.1, -0.05) is 59.7 Å². The van der Waals surface area contributed by atoms with Crippen molar-refractivity contribution < 1.29 is 4.74 Å². The summed E-state index contributed by atoms with van der Waals surface area (Å²) < 4.78 is 6.39. The van der Waals surface area contributed by atoms with Gasteiger partial charge in [-0.05, 0) is 34.6 Å². The molecular weight excluding hydrogens is 320 g/mol. The lowest BCUT2D eigenvalue weighted by Crippen LogP contribution is -2.17. The maximum absolute atomic E-state index is 6.39. The van der Waals surface area contributed by atoms with Crippen molar-refractivity contribution in [3.63, 3.8) is 0 Å². The number of fused-ring (bicyclic) bond motifs is 1. The van der Waals surface area contributed by atoms with Crippen LogP contribution in [0.5, 0.6) is 5.75 Å². The zero-order chi connectivity index (χ0) is 19.3. The zero-order valence-electron chi connectivity index (χ0n) is 17.4. The largest absolute Gasteiger partial charge is 0.464 e. The molecule has 0 spiro atoms. The summed E-state index contributed by atoms with van der Waals surface area (Å²) in [5.74, 6) is 0.993. The molecule has 3 rings (SSSR count). The van der Waals surface area contributed by atoms with E-state index in [0.29, 0.717) is 0 Å². The first-order valence-corrected chi connectivity index (χ1v) is 9.36. The van der Waals surface area contributed by atoms with Crippen LogP contribution in [-0.4, -0.2) is 14.1 Å². The summed E-state index contributed by atoms with van der Waals surface area (Å²) in [6, 6.07) is 13.1. The molecule has 0 amide bonds. The molecule has 0 unspecified atom stereocenters. The molecule has 1 aliphatic heterocycles. The second-order valence-electron chi connectivity index (χ2n) is 9.53. The number of hydrogen-bond acceptors (Lipinski definition) is 3. The number of rotatable bonds is 2. The van der Waals surface area contributed by atoms with Crippen LogP contribution in [0.15, 0.2) is 36.4 Å². The average molecular weight is 353 g/mol. The van der Waals surface area contributed by atoms with Crippen LogP contribution >= 0.6 is 0 Å². The lowest BCUT2D eigenvalue weighted by molar-refractivity contribution is 0.254. The van der Waals surface area contributed by atoms with Gasteiger partial charge in [0.1, 0.15) is 5.75 Å². The van der Waals surface area contributed by atoms with Crippen LogP contribution in [0.3, 0.4) is 0 Å². The van der Waals surface area contributed by atoms with Gasteiger partial charge >= 0.3 is 0 Å². The van der Waals surface area contributed by atoms with E-state index in [1.54, 1.807) is 0 Å². The van der Waals surface area contributed by atoms with Crippen molar-refractivity contribution in [1.82, 2.24) is 0 Å². The molecule has 1 heterocycles. The molecule has 140 valence electrons. The third-order valence-corrected chi connectivity index (χ3v) is 5.00. The summed E-state index contributed by atoms with van der Waals surface area (Å²) in [6.07, 6.45) is -0.141. The van der Waals surface area contributed by atoms with Gasteiger partial charge in [0.25, 0.3) is 0 Å². The molecule has 3 nitrogen and oxygen atoms in total. The van der Waals surface area contributed by atoms with E-state index in [2.05, 4.69) is 102 Å². The van der Waals surface area contributed by atoms with Gasteiger partial charge < -0.3 is 15.0 Å². The minimum atomic E-state index is -0.141. The van der Waals surface area contributed by atoms with E-state index >= 15 is 0 Å². The molecule has 3 heteroatoms. The average Bonchev–Trinajstić information content (AvgIpc) is 2.96. The standard InChI is InChI=1S/C23H32N2O/c1-22(2,3)16-13-18(23(4,5)6)20-19(14-16)24-21(26-20)15-9-11-17(12-10-15)25(7)8/h9-14,21,24H,1-8H3/t21-/m0/s1. The Morgan fingerprint density at radius 1 is 0.885 bits per heavy atom. The fourth-order valence-corrected chi connectivity index (χ4v) is 3.24.